The first-order valence-corrected chi connectivity index (χ1v) is 6.86. The fraction of sp³-hybridized carbons (Fsp3) is 0.357. The molecular weight excluding hydrogens is 286 g/mol. The zero-order valence-corrected chi connectivity index (χ0v) is 12.4. The number of aromatic nitrogens is 3. The zero-order chi connectivity index (χ0) is 15.7. The second kappa shape index (κ2) is 5.64. The monoisotopic (exact) mass is 303 g/mol. The van der Waals surface area contributed by atoms with Gasteiger partial charge in [0.2, 0.25) is 5.88 Å². The third-order valence-electron chi connectivity index (χ3n) is 3.51. The Labute approximate surface area is 127 Å². The summed E-state index contributed by atoms with van der Waals surface area (Å²) in [4.78, 5) is 15.9. The molecule has 22 heavy (non-hydrogen) atoms. The minimum atomic E-state index is -0.558. The van der Waals surface area contributed by atoms with Crippen molar-refractivity contribution in [3.63, 3.8) is 0 Å². The Morgan fingerprint density at radius 2 is 2.36 bits per heavy atom. The van der Waals surface area contributed by atoms with Crippen molar-refractivity contribution in [1.29, 1.82) is 0 Å². The van der Waals surface area contributed by atoms with Gasteiger partial charge < -0.3 is 20.5 Å². The van der Waals surface area contributed by atoms with Gasteiger partial charge in [0.25, 0.3) is 5.91 Å². The molecule has 1 amide bonds. The van der Waals surface area contributed by atoms with Crippen LogP contribution in [-0.2, 0) is 11.2 Å². The van der Waals surface area contributed by atoms with E-state index in [4.69, 9.17) is 15.2 Å². The second-order valence-corrected chi connectivity index (χ2v) is 4.95. The summed E-state index contributed by atoms with van der Waals surface area (Å²) in [7, 11) is 1.57. The number of aryl methyl sites for hydroxylation is 1. The molecule has 2 aromatic rings. The maximum absolute atomic E-state index is 11.6. The van der Waals surface area contributed by atoms with Gasteiger partial charge in [0.05, 0.1) is 25.6 Å². The van der Waals surface area contributed by atoms with Gasteiger partial charge in [0.15, 0.2) is 5.69 Å². The molecule has 8 nitrogen and oxygen atoms in total. The molecule has 116 valence electrons. The number of anilines is 1. The highest BCUT2D eigenvalue weighted by Crippen LogP contribution is 2.27. The summed E-state index contributed by atoms with van der Waals surface area (Å²) < 4.78 is 12.2. The van der Waals surface area contributed by atoms with E-state index in [1.54, 1.807) is 18.0 Å². The number of nitrogens with zero attached hydrogens (tertiary/aromatic N) is 3. The van der Waals surface area contributed by atoms with Crippen LogP contribution in [0.5, 0.6) is 5.88 Å². The summed E-state index contributed by atoms with van der Waals surface area (Å²) >= 11 is 0. The molecule has 0 saturated carbocycles. The smallest absolute Gasteiger partial charge is 0.269 e. The molecule has 1 aliphatic heterocycles. The van der Waals surface area contributed by atoms with Gasteiger partial charge in [0.1, 0.15) is 12.5 Å². The summed E-state index contributed by atoms with van der Waals surface area (Å²) in [5.41, 5.74) is 8.04. The Bertz CT molecular complexity index is 726. The first-order valence-electron chi connectivity index (χ1n) is 6.86. The summed E-state index contributed by atoms with van der Waals surface area (Å²) in [5.74, 6) is 0.697. The van der Waals surface area contributed by atoms with Crippen LogP contribution in [0.4, 0.5) is 5.82 Å². The molecule has 0 bridgehead atoms. The van der Waals surface area contributed by atoms with Crippen molar-refractivity contribution in [1.82, 2.24) is 14.8 Å². The second-order valence-electron chi connectivity index (χ2n) is 4.95. The molecule has 3 N–H and O–H groups in total. The van der Waals surface area contributed by atoms with Crippen molar-refractivity contribution in [3.05, 3.63) is 29.1 Å². The molecule has 1 aliphatic rings. The predicted molar refractivity (Wildman–Crippen MR) is 79.3 cm³/mol. The van der Waals surface area contributed by atoms with Crippen LogP contribution in [-0.4, -0.2) is 41.1 Å². The highest BCUT2D eigenvalue weighted by Gasteiger charge is 2.24. The van der Waals surface area contributed by atoms with Crippen molar-refractivity contribution in [2.45, 2.75) is 13.3 Å². The Hall–Kier alpha value is -2.61. The molecule has 8 heteroatoms. The molecule has 0 aliphatic carbocycles. The van der Waals surface area contributed by atoms with Crippen LogP contribution in [0, 0.1) is 6.92 Å². The summed E-state index contributed by atoms with van der Waals surface area (Å²) in [5, 5.41) is 7.47. The average Bonchev–Trinajstić information content (AvgIpc) is 2.69. The van der Waals surface area contributed by atoms with E-state index in [1.165, 1.54) is 0 Å². The van der Waals surface area contributed by atoms with E-state index in [2.05, 4.69) is 15.4 Å². The van der Waals surface area contributed by atoms with Gasteiger partial charge >= 0.3 is 0 Å². The van der Waals surface area contributed by atoms with Crippen molar-refractivity contribution >= 4 is 11.7 Å². The van der Waals surface area contributed by atoms with E-state index in [-0.39, 0.29) is 5.69 Å². The van der Waals surface area contributed by atoms with Crippen LogP contribution in [0.1, 0.15) is 21.6 Å². The summed E-state index contributed by atoms with van der Waals surface area (Å²) in [6.07, 6.45) is 2.21. The van der Waals surface area contributed by atoms with E-state index in [0.717, 1.165) is 16.8 Å². The van der Waals surface area contributed by atoms with Gasteiger partial charge in [0, 0.05) is 17.5 Å². The number of methoxy groups -OCH3 is 1. The lowest BCUT2D eigenvalue weighted by molar-refractivity contribution is 0.0993. The standard InChI is InChI=1S/C14H17N5O3/c1-8-5-9(6-16-14(8)21-2)19-13-10(3-4-22-7-17-13)11(18-19)12(15)20/h5-6,17H,3-4,7H2,1-2H3,(H2,15,20). The van der Waals surface area contributed by atoms with Crippen molar-refractivity contribution < 1.29 is 14.3 Å². The number of pyridine rings is 1. The van der Waals surface area contributed by atoms with Crippen molar-refractivity contribution in [2.24, 2.45) is 5.73 Å². The van der Waals surface area contributed by atoms with E-state index in [9.17, 15) is 4.79 Å². The number of nitrogens with one attached hydrogen (secondary N) is 1. The topological polar surface area (TPSA) is 104 Å². The third kappa shape index (κ3) is 2.37. The maximum Gasteiger partial charge on any atom is 0.269 e. The normalized spacial score (nSPS) is 13.9. The van der Waals surface area contributed by atoms with E-state index in [0.29, 0.717) is 31.5 Å². The van der Waals surface area contributed by atoms with E-state index >= 15 is 0 Å². The lowest BCUT2D eigenvalue weighted by Crippen LogP contribution is -2.15. The van der Waals surface area contributed by atoms with Crippen LogP contribution in [0.15, 0.2) is 12.3 Å². The zero-order valence-electron chi connectivity index (χ0n) is 12.4. The van der Waals surface area contributed by atoms with Crippen LogP contribution >= 0.6 is 0 Å². The largest absolute Gasteiger partial charge is 0.481 e. The number of fused-ring (bicyclic) bond motifs is 1. The predicted octanol–water partition coefficient (Wildman–Crippen LogP) is 0.625. The Morgan fingerprint density at radius 3 is 3.05 bits per heavy atom. The third-order valence-corrected chi connectivity index (χ3v) is 3.51. The van der Waals surface area contributed by atoms with Gasteiger partial charge in [-0.25, -0.2) is 9.67 Å². The summed E-state index contributed by atoms with van der Waals surface area (Å²) in [6.45, 7) is 2.74. The molecule has 2 aromatic heterocycles. The highest BCUT2D eigenvalue weighted by molar-refractivity contribution is 5.94. The van der Waals surface area contributed by atoms with Gasteiger partial charge in [-0.2, -0.15) is 5.10 Å². The number of primary amides is 1. The number of carbonyl (C=O) groups excluding carboxylic acids is 1. The molecule has 0 aromatic carbocycles. The number of nitrogens with two attached hydrogens (primary N) is 1. The molecular formula is C14H17N5O3. The number of amides is 1. The van der Waals surface area contributed by atoms with Crippen LogP contribution in [0.2, 0.25) is 0 Å². The Balaban J connectivity index is 2.14. The molecule has 0 unspecified atom stereocenters. The van der Waals surface area contributed by atoms with E-state index in [1.807, 2.05) is 13.0 Å². The van der Waals surface area contributed by atoms with Gasteiger partial charge in [-0.1, -0.05) is 0 Å². The maximum atomic E-state index is 11.6. The SMILES string of the molecule is COc1ncc(-n2nc(C(N)=O)c3c2NCOCC3)cc1C. The molecule has 3 heterocycles. The lowest BCUT2D eigenvalue weighted by atomic mass is 10.1. The minimum Gasteiger partial charge on any atom is -0.481 e. The quantitative estimate of drug-likeness (QED) is 0.861. The lowest BCUT2D eigenvalue weighted by Gasteiger charge is -2.10. The van der Waals surface area contributed by atoms with Crippen LogP contribution in [0.3, 0.4) is 0 Å². The molecule has 0 radical (unpaired) electrons. The molecule has 0 saturated heterocycles. The summed E-state index contributed by atoms with van der Waals surface area (Å²) in [6, 6.07) is 1.89. The fourth-order valence-corrected chi connectivity index (χ4v) is 2.50. The molecule has 0 atom stereocenters. The van der Waals surface area contributed by atoms with Gasteiger partial charge in [-0.15, -0.1) is 0 Å². The fourth-order valence-electron chi connectivity index (χ4n) is 2.50. The average molecular weight is 303 g/mol. The number of carbonyl (C=O) groups is 1. The number of ether oxygens (including phenoxy) is 2. The van der Waals surface area contributed by atoms with Gasteiger partial charge in [-0.3, -0.25) is 4.79 Å². The van der Waals surface area contributed by atoms with Crippen LogP contribution in [0.25, 0.3) is 5.69 Å². The molecule has 0 spiro atoms. The van der Waals surface area contributed by atoms with Gasteiger partial charge in [-0.05, 0) is 13.0 Å². The first kappa shape index (κ1) is 14.3. The number of hydrogen-bond donors (Lipinski definition) is 2. The minimum absolute atomic E-state index is 0.251. The molecule has 3 rings (SSSR count). The van der Waals surface area contributed by atoms with E-state index < -0.39 is 5.91 Å². The molecule has 0 fully saturated rings. The number of hydrogen-bond acceptors (Lipinski definition) is 6. The van der Waals surface area contributed by atoms with Crippen molar-refractivity contribution in [2.75, 3.05) is 25.8 Å². The van der Waals surface area contributed by atoms with Crippen LogP contribution < -0.4 is 15.8 Å². The van der Waals surface area contributed by atoms with Crippen molar-refractivity contribution in [3.8, 4) is 11.6 Å². The number of rotatable bonds is 3. The first-order chi connectivity index (χ1) is 10.6. The Morgan fingerprint density at radius 1 is 1.55 bits per heavy atom. The Kier molecular flexibility index (Phi) is 3.68. The highest BCUT2D eigenvalue weighted by atomic mass is 16.5.